The molecule has 152 valence electrons. The molecular formula is C23H26N2O4. The highest BCUT2D eigenvalue weighted by Gasteiger charge is 2.38. The maximum absolute atomic E-state index is 12.4. The number of aryl methyl sites for hydroxylation is 2. The second-order valence-corrected chi connectivity index (χ2v) is 7.51. The third-order valence-electron chi connectivity index (χ3n) is 5.25. The van der Waals surface area contributed by atoms with Crippen molar-refractivity contribution in [3.05, 3.63) is 65.2 Å². The lowest BCUT2D eigenvalue weighted by molar-refractivity contribution is -0.151. The number of ether oxygens (including phenoxy) is 1. The second kappa shape index (κ2) is 8.90. The van der Waals surface area contributed by atoms with Gasteiger partial charge in [-0.25, -0.2) is 0 Å². The number of amides is 2. The smallest absolute Gasteiger partial charge is 0.311 e. The summed E-state index contributed by atoms with van der Waals surface area (Å²) in [6, 6.07) is 15.3. The lowest BCUT2D eigenvalue weighted by atomic mass is 10.1. The van der Waals surface area contributed by atoms with Crippen molar-refractivity contribution in [2.45, 2.75) is 33.2 Å². The third-order valence-corrected chi connectivity index (χ3v) is 5.25. The number of hydrogen-bond donors (Lipinski definition) is 1. The van der Waals surface area contributed by atoms with E-state index in [1.54, 1.807) is 4.90 Å². The second-order valence-electron chi connectivity index (χ2n) is 7.51. The molecule has 0 radical (unpaired) electrons. The zero-order chi connectivity index (χ0) is 21.0. The number of nitrogens with zero attached hydrogens (tertiary/aromatic N) is 1. The van der Waals surface area contributed by atoms with Crippen LogP contribution in [0, 0.1) is 19.8 Å². The fourth-order valence-electron chi connectivity index (χ4n) is 3.49. The molecule has 2 aromatic carbocycles. The molecule has 1 saturated heterocycles. The van der Waals surface area contributed by atoms with Gasteiger partial charge in [0, 0.05) is 18.7 Å². The summed E-state index contributed by atoms with van der Waals surface area (Å²) in [5.74, 6) is -1.55. The zero-order valence-electron chi connectivity index (χ0n) is 17.0. The van der Waals surface area contributed by atoms with Crippen LogP contribution < -0.4 is 5.32 Å². The van der Waals surface area contributed by atoms with Gasteiger partial charge < -0.3 is 15.0 Å². The molecular weight excluding hydrogens is 368 g/mol. The number of nitrogens with one attached hydrogen (secondary N) is 1. The summed E-state index contributed by atoms with van der Waals surface area (Å²) in [4.78, 5) is 38.6. The predicted molar refractivity (Wildman–Crippen MR) is 110 cm³/mol. The number of benzene rings is 2. The fourth-order valence-corrected chi connectivity index (χ4v) is 3.49. The van der Waals surface area contributed by atoms with Crippen molar-refractivity contribution in [2.24, 2.45) is 5.92 Å². The molecule has 0 aliphatic carbocycles. The maximum Gasteiger partial charge on any atom is 0.311 e. The monoisotopic (exact) mass is 394 g/mol. The van der Waals surface area contributed by atoms with Gasteiger partial charge in [-0.1, -0.05) is 42.5 Å². The van der Waals surface area contributed by atoms with Gasteiger partial charge in [0.15, 0.2) is 6.61 Å². The van der Waals surface area contributed by atoms with Crippen LogP contribution in [0.2, 0.25) is 0 Å². The lowest BCUT2D eigenvalue weighted by Crippen LogP contribution is -2.30. The molecule has 2 atom stereocenters. The van der Waals surface area contributed by atoms with Gasteiger partial charge in [0.05, 0.1) is 12.0 Å². The van der Waals surface area contributed by atoms with Crippen molar-refractivity contribution in [3.8, 4) is 0 Å². The van der Waals surface area contributed by atoms with Crippen molar-refractivity contribution in [1.82, 2.24) is 4.90 Å². The third kappa shape index (κ3) is 5.02. The Balaban J connectivity index is 1.53. The Bertz CT molecular complexity index is 910. The fraction of sp³-hybridized carbons (Fsp3) is 0.348. The first-order chi connectivity index (χ1) is 13.8. The number of carbonyl (C=O) groups is 3. The van der Waals surface area contributed by atoms with Crippen LogP contribution in [0.15, 0.2) is 48.5 Å². The van der Waals surface area contributed by atoms with E-state index in [9.17, 15) is 14.4 Å². The first-order valence-electron chi connectivity index (χ1n) is 9.73. The van der Waals surface area contributed by atoms with Crippen LogP contribution in [0.1, 0.15) is 36.1 Å². The van der Waals surface area contributed by atoms with E-state index in [-0.39, 0.29) is 25.0 Å². The van der Waals surface area contributed by atoms with Gasteiger partial charge in [-0.3, -0.25) is 14.4 Å². The Hall–Kier alpha value is -3.15. The van der Waals surface area contributed by atoms with Gasteiger partial charge >= 0.3 is 5.97 Å². The predicted octanol–water partition coefficient (Wildman–Crippen LogP) is 3.39. The quantitative estimate of drug-likeness (QED) is 0.762. The van der Waals surface area contributed by atoms with Crippen LogP contribution >= 0.6 is 0 Å². The standard InChI is InChI=1S/C23H26N2O4/c1-15-9-10-16(2)20(11-15)24-21(26)14-29-23(28)19-12-22(27)25(13-19)17(3)18-7-5-4-6-8-18/h4-11,17,19H,12-14H2,1-3H3,(H,24,26)/t17-,19+/m0/s1. The van der Waals surface area contributed by atoms with Crippen molar-refractivity contribution in [1.29, 1.82) is 0 Å². The topological polar surface area (TPSA) is 75.7 Å². The maximum atomic E-state index is 12.4. The van der Waals surface area contributed by atoms with Gasteiger partial charge in [-0.15, -0.1) is 0 Å². The molecule has 1 aliphatic rings. The minimum absolute atomic E-state index is 0.0804. The van der Waals surface area contributed by atoms with Gasteiger partial charge in [0.2, 0.25) is 5.91 Å². The molecule has 1 N–H and O–H groups in total. The SMILES string of the molecule is Cc1ccc(C)c(NC(=O)COC(=O)[C@@H]2CC(=O)N([C@@H](C)c3ccccc3)C2)c1. The average molecular weight is 394 g/mol. The summed E-state index contributed by atoms with van der Waals surface area (Å²) in [7, 11) is 0. The highest BCUT2D eigenvalue weighted by molar-refractivity contribution is 5.94. The number of carbonyl (C=O) groups excluding carboxylic acids is 3. The Morgan fingerprint density at radius 2 is 1.90 bits per heavy atom. The van der Waals surface area contributed by atoms with Gasteiger partial charge in [-0.2, -0.15) is 0 Å². The van der Waals surface area contributed by atoms with E-state index in [1.807, 2.05) is 69.3 Å². The summed E-state index contributed by atoms with van der Waals surface area (Å²) in [5, 5.41) is 2.76. The summed E-state index contributed by atoms with van der Waals surface area (Å²) in [6.07, 6.45) is 0.106. The van der Waals surface area contributed by atoms with Crippen LogP contribution in [0.25, 0.3) is 0 Å². The van der Waals surface area contributed by atoms with Crippen molar-refractivity contribution in [2.75, 3.05) is 18.5 Å². The molecule has 1 aliphatic heterocycles. The number of likely N-dealkylation sites (tertiary alicyclic amines) is 1. The van der Waals surface area contributed by atoms with E-state index in [1.165, 1.54) is 0 Å². The minimum atomic E-state index is -0.554. The normalized spacial score (nSPS) is 17.1. The molecule has 2 aromatic rings. The highest BCUT2D eigenvalue weighted by atomic mass is 16.5. The number of esters is 1. The van der Waals surface area contributed by atoms with Gasteiger partial charge in [0.25, 0.3) is 5.91 Å². The summed E-state index contributed by atoms with van der Waals surface area (Å²) in [6.45, 7) is 5.71. The Morgan fingerprint density at radius 3 is 2.62 bits per heavy atom. The zero-order valence-corrected chi connectivity index (χ0v) is 17.0. The Morgan fingerprint density at radius 1 is 1.17 bits per heavy atom. The molecule has 1 heterocycles. The molecule has 6 heteroatoms. The van der Waals surface area contributed by atoms with Crippen LogP contribution in [-0.4, -0.2) is 35.8 Å². The molecule has 3 rings (SSSR count). The number of rotatable bonds is 6. The first-order valence-corrected chi connectivity index (χ1v) is 9.73. The lowest BCUT2D eigenvalue weighted by Gasteiger charge is -2.25. The molecule has 0 unspecified atom stereocenters. The highest BCUT2D eigenvalue weighted by Crippen LogP contribution is 2.29. The Kier molecular flexibility index (Phi) is 6.32. The molecule has 0 saturated carbocycles. The van der Waals surface area contributed by atoms with E-state index in [4.69, 9.17) is 4.74 Å². The molecule has 0 bridgehead atoms. The van der Waals surface area contributed by atoms with Gasteiger partial charge in [-0.05, 0) is 43.5 Å². The van der Waals surface area contributed by atoms with Crippen molar-refractivity contribution in [3.63, 3.8) is 0 Å². The van der Waals surface area contributed by atoms with Crippen LogP contribution in [0.5, 0.6) is 0 Å². The van der Waals surface area contributed by atoms with E-state index in [0.29, 0.717) is 12.2 Å². The first kappa shape index (κ1) is 20.6. The summed E-state index contributed by atoms with van der Waals surface area (Å²) in [5.41, 5.74) is 3.68. The van der Waals surface area contributed by atoms with Gasteiger partial charge in [0.1, 0.15) is 0 Å². The molecule has 29 heavy (non-hydrogen) atoms. The molecule has 6 nitrogen and oxygen atoms in total. The van der Waals surface area contributed by atoms with Crippen LogP contribution in [0.4, 0.5) is 5.69 Å². The van der Waals surface area contributed by atoms with E-state index >= 15 is 0 Å². The van der Waals surface area contributed by atoms with E-state index in [2.05, 4.69) is 5.32 Å². The number of anilines is 1. The minimum Gasteiger partial charge on any atom is -0.455 e. The van der Waals surface area contributed by atoms with E-state index < -0.39 is 17.8 Å². The number of hydrogen-bond acceptors (Lipinski definition) is 4. The largest absolute Gasteiger partial charge is 0.455 e. The average Bonchev–Trinajstić information content (AvgIpc) is 3.10. The summed E-state index contributed by atoms with van der Waals surface area (Å²) < 4.78 is 5.18. The molecule has 1 fully saturated rings. The molecule has 0 spiro atoms. The van der Waals surface area contributed by atoms with Crippen LogP contribution in [-0.2, 0) is 19.1 Å². The molecule has 0 aromatic heterocycles. The van der Waals surface area contributed by atoms with Crippen LogP contribution in [0.3, 0.4) is 0 Å². The van der Waals surface area contributed by atoms with Crippen molar-refractivity contribution >= 4 is 23.5 Å². The molecule has 2 amide bonds. The van der Waals surface area contributed by atoms with Crippen molar-refractivity contribution < 1.29 is 19.1 Å². The van der Waals surface area contributed by atoms with E-state index in [0.717, 1.165) is 16.7 Å². The summed E-state index contributed by atoms with van der Waals surface area (Å²) >= 11 is 0. The Labute approximate surface area is 170 Å².